The number of nitrogens with one attached hydrogen (secondary N) is 3. The predicted octanol–water partition coefficient (Wildman–Crippen LogP) is 0.219. The summed E-state index contributed by atoms with van der Waals surface area (Å²) in [5, 5.41) is 5.37. The maximum atomic E-state index is 11.5. The molecule has 0 radical (unpaired) electrons. The van der Waals surface area contributed by atoms with Gasteiger partial charge in [-0.1, -0.05) is 12.0 Å². The largest absolute Gasteiger partial charge is 0.325 e. The summed E-state index contributed by atoms with van der Waals surface area (Å²) in [6.07, 6.45) is 6.09. The molecule has 0 aliphatic heterocycles. The highest BCUT2D eigenvalue weighted by Crippen LogP contribution is 2.15. The molecule has 0 atom stereocenters. The van der Waals surface area contributed by atoms with Gasteiger partial charge in [0.05, 0.1) is 25.0 Å². The third kappa shape index (κ3) is 6.45. The molecule has 1 rings (SSSR count). The summed E-state index contributed by atoms with van der Waals surface area (Å²) < 4.78 is 24.5. The van der Waals surface area contributed by atoms with Gasteiger partial charge in [-0.2, -0.15) is 0 Å². The van der Waals surface area contributed by atoms with Crippen LogP contribution in [0.2, 0.25) is 0 Å². The summed E-state index contributed by atoms with van der Waals surface area (Å²) in [5.74, 6) is 2.10. The van der Waals surface area contributed by atoms with E-state index < -0.39 is 10.0 Å². The summed E-state index contributed by atoms with van der Waals surface area (Å²) in [7, 11) is -3.34. The second kappa shape index (κ2) is 6.78. The van der Waals surface area contributed by atoms with Crippen molar-refractivity contribution in [2.24, 2.45) is 0 Å². The van der Waals surface area contributed by atoms with Crippen molar-refractivity contribution < 1.29 is 13.2 Å². The van der Waals surface area contributed by atoms with E-state index in [1.165, 1.54) is 6.07 Å². The van der Waals surface area contributed by atoms with Crippen LogP contribution in [0.3, 0.4) is 0 Å². The molecule has 1 aromatic carbocycles. The standard InChI is InChI=1S/C12H15N3O3S/c1-3-7-13-9-12(16)14-10-5-4-6-11(8-10)15-19(2,17)18/h1,4-6,8,13,15H,7,9H2,2H3,(H,14,16). The van der Waals surface area contributed by atoms with Gasteiger partial charge in [-0.25, -0.2) is 8.42 Å². The topological polar surface area (TPSA) is 87.3 Å². The van der Waals surface area contributed by atoms with E-state index in [2.05, 4.69) is 21.3 Å². The van der Waals surface area contributed by atoms with Crippen LogP contribution in [0.25, 0.3) is 0 Å². The van der Waals surface area contributed by atoms with E-state index in [0.717, 1.165) is 6.26 Å². The third-order valence-electron chi connectivity index (χ3n) is 1.96. The van der Waals surface area contributed by atoms with Gasteiger partial charge in [-0.05, 0) is 18.2 Å². The van der Waals surface area contributed by atoms with E-state index in [-0.39, 0.29) is 12.5 Å². The molecule has 0 fully saturated rings. The molecular formula is C12H15N3O3S. The fraction of sp³-hybridized carbons (Fsp3) is 0.250. The molecule has 0 aliphatic rings. The fourth-order valence-corrected chi connectivity index (χ4v) is 1.88. The molecule has 0 bridgehead atoms. The lowest BCUT2D eigenvalue weighted by Gasteiger charge is -2.08. The summed E-state index contributed by atoms with van der Waals surface area (Å²) in [4.78, 5) is 11.5. The Morgan fingerprint density at radius 3 is 2.68 bits per heavy atom. The van der Waals surface area contributed by atoms with Gasteiger partial charge in [0, 0.05) is 5.69 Å². The van der Waals surface area contributed by atoms with Crippen LogP contribution in [0.4, 0.5) is 11.4 Å². The van der Waals surface area contributed by atoms with Crippen molar-refractivity contribution in [1.82, 2.24) is 5.32 Å². The highest BCUT2D eigenvalue weighted by atomic mass is 32.2. The van der Waals surface area contributed by atoms with Gasteiger partial charge in [-0.15, -0.1) is 6.42 Å². The molecular weight excluding hydrogens is 266 g/mol. The lowest BCUT2D eigenvalue weighted by Crippen LogP contribution is -2.28. The van der Waals surface area contributed by atoms with Crippen molar-refractivity contribution >= 4 is 27.3 Å². The number of hydrogen-bond acceptors (Lipinski definition) is 4. The van der Waals surface area contributed by atoms with E-state index >= 15 is 0 Å². The first-order valence-electron chi connectivity index (χ1n) is 5.42. The highest BCUT2D eigenvalue weighted by molar-refractivity contribution is 7.92. The lowest BCUT2D eigenvalue weighted by molar-refractivity contribution is -0.115. The molecule has 1 aromatic rings. The maximum absolute atomic E-state index is 11.5. The molecule has 0 aromatic heterocycles. The van der Waals surface area contributed by atoms with Crippen LogP contribution >= 0.6 is 0 Å². The number of hydrogen-bond donors (Lipinski definition) is 3. The molecule has 0 heterocycles. The molecule has 7 heteroatoms. The highest BCUT2D eigenvalue weighted by Gasteiger charge is 2.04. The van der Waals surface area contributed by atoms with Gasteiger partial charge in [0.1, 0.15) is 0 Å². The minimum atomic E-state index is -3.34. The van der Waals surface area contributed by atoms with E-state index in [0.29, 0.717) is 17.9 Å². The first-order valence-corrected chi connectivity index (χ1v) is 7.32. The van der Waals surface area contributed by atoms with Crippen molar-refractivity contribution in [3.63, 3.8) is 0 Å². The zero-order valence-corrected chi connectivity index (χ0v) is 11.3. The molecule has 0 saturated carbocycles. The molecule has 19 heavy (non-hydrogen) atoms. The van der Waals surface area contributed by atoms with Crippen molar-refractivity contribution in [3.8, 4) is 12.3 Å². The summed E-state index contributed by atoms with van der Waals surface area (Å²) in [6, 6.07) is 6.41. The zero-order chi connectivity index (χ0) is 14.3. The minimum Gasteiger partial charge on any atom is -0.325 e. The van der Waals surface area contributed by atoms with Crippen LogP contribution in [0.1, 0.15) is 0 Å². The average molecular weight is 281 g/mol. The van der Waals surface area contributed by atoms with Crippen LogP contribution in [0.15, 0.2) is 24.3 Å². The van der Waals surface area contributed by atoms with Crippen LogP contribution in [-0.2, 0) is 14.8 Å². The molecule has 0 spiro atoms. The van der Waals surface area contributed by atoms with E-state index in [9.17, 15) is 13.2 Å². The molecule has 0 aliphatic carbocycles. The predicted molar refractivity (Wildman–Crippen MR) is 75.2 cm³/mol. The smallest absolute Gasteiger partial charge is 0.238 e. The summed E-state index contributed by atoms with van der Waals surface area (Å²) >= 11 is 0. The quantitative estimate of drug-likeness (QED) is 0.514. The number of carbonyl (C=O) groups is 1. The Hall–Kier alpha value is -2.04. The normalized spacial score (nSPS) is 10.5. The fourth-order valence-electron chi connectivity index (χ4n) is 1.33. The monoisotopic (exact) mass is 281 g/mol. The first kappa shape index (κ1) is 15.0. The number of rotatable bonds is 6. The molecule has 1 amide bonds. The van der Waals surface area contributed by atoms with E-state index in [1.54, 1.807) is 18.2 Å². The van der Waals surface area contributed by atoms with E-state index in [4.69, 9.17) is 6.42 Å². The number of carbonyl (C=O) groups excluding carboxylic acids is 1. The molecule has 3 N–H and O–H groups in total. The number of sulfonamides is 1. The van der Waals surface area contributed by atoms with Gasteiger partial charge in [0.25, 0.3) is 0 Å². The Kier molecular flexibility index (Phi) is 5.36. The summed E-state index contributed by atoms with van der Waals surface area (Å²) in [6.45, 7) is 0.400. The zero-order valence-electron chi connectivity index (χ0n) is 10.4. The Morgan fingerprint density at radius 2 is 2.05 bits per heavy atom. The van der Waals surface area contributed by atoms with Gasteiger partial charge in [-0.3, -0.25) is 14.8 Å². The molecule has 6 nitrogen and oxygen atoms in total. The van der Waals surface area contributed by atoms with Crippen molar-refractivity contribution in [3.05, 3.63) is 24.3 Å². The Bertz CT molecular complexity index is 590. The summed E-state index contributed by atoms with van der Waals surface area (Å²) in [5.41, 5.74) is 0.887. The Balaban J connectivity index is 2.62. The van der Waals surface area contributed by atoms with Gasteiger partial charge >= 0.3 is 0 Å². The van der Waals surface area contributed by atoms with E-state index in [1.807, 2.05) is 0 Å². The lowest BCUT2D eigenvalue weighted by atomic mass is 10.3. The van der Waals surface area contributed by atoms with Crippen molar-refractivity contribution in [1.29, 1.82) is 0 Å². The van der Waals surface area contributed by atoms with Crippen molar-refractivity contribution in [2.75, 3.05) is 29.4 Å². The van der Waals surface area contributed by atoms with Crippen molar-refractivity contribution in [2.45, 2.75) is 0 Å². The van der Waals surface area contributed by atoms with Crippen LogP contribution in [0.5, 0.6) is 0 Å². The van der Waals surface area contributed by atoms with Crippen LogP contribution < -0.4 is 15.4 Å². The van der Waals surface area contributed by atoms with Crippen LogP contribution in [0, 0.1) is 12.3 Å². The van der Waals surface area contributed by atoms with Crippen LogP contribution in [-0.4, -0.2) is 33.7 Å². The number of amides is 1. The number of terminal acetylenes is 1. The number of benzene rings is 1. The number of anilines is 2. The maximum Gasteiger partial charge on any atom is 0.238 e. The van der Waals surface area contributed by atoms with Gasteiger partial charge in [0.2, 0.25) is 15.9 Å². The molecule has 0 unspecified atom stereocenters. The third-order valence-corrected chi connectivity index (χ3v) is 2.57. The second-order valence-corrected chi connectivity index (χ2v) is 5.56. The first-order chi connectivity index (χ1) is 8.90. The Labute approximate surface area is 112 Å². The second-order valence-electron chi connectivity index (χ2n) is 3.81. The molecule has 0 saturated heterocycles. The Morgan fingerprint density at radius 1 is 1.37 bits per heavy atom. The van der Waals surface area contributed by atoms with Gasteiger partial charge < -0.3 is 5.32 Å². The molecule has 102 valence electrons. The average Bonchev–Trinajstić information content (AvgIpc) is 2.27. The minimum absolute atomic E-state index is 0.0912. The van der Waals surface area contributed by atoms with Gasteiger partial charge in [0.15, 0.2) is 0 Å². The SMILES string of the molecule is C#CCNCC(=O)Nc1cccc(NS(C)(=O)=O)c1.